The number of nitriles is 1. The number of rotatable bonds is 6. The van der Waals surface area contributed by atoms with Gasteiger partial charge in [-0.3, -0.25) is 4.72 Å². The van der Waals surface area contributed by atoms with Crippen LogP contribution in [0.25, 0.3) is 5.82 Å². The van der Waals surface area contributed by atoms with Gasteiger partial charge >= 0.3 is 0 Å². The van der Waals surface area contributed by atoms with Crippen molar-refractivity contribution in [1.82, 2.24) is 19.7 Å². The molecule has 0 unspecified atom stereocenters. The van der Waals surface area contributed by atoms with Gasteiger partial charge in [0.15, 0.2) is 5.82 Å². The molecule has 0 amide bonds. The minimum absolute atomic E-state index is 0.0643. The molecule has 4 rings (SSSR count). The van der Waals surface area contributed by atoms with Crippen LogP contribution in [0.5, 0.6) is 11.6 Å². The summed E-state index contributed by atoms with van der Waals surface area (Å²) in [6.07, 6.45) is 3.41. The van der Waals surface area contributed by atoms with Crippen molar-refractivity contribution in [2.24, 2.45) is 0 Å². The Morgan fingerprint density at radius 3 is 2.45 bits per heavy atom. The fourth-order valence-corrected chi connectivity index (χ4v) is 3.79. The van der Waals surface area contributed by atoms with Gasteiger partial charge < -0.3 is 4.74 Å². The number of nitrogens with one attached hydrogen (secondary N) is 1. The molecule has 2 heterocycles. The number of hydrogen-bond donors (Lipinski definition) is 1. The summed E-state index contributed by atoms with van der Waals surface area (Å²) in [5.74, 6) is 1.91. The molecule has 1 N–H and O–H groups in total. The van der Waals surface area contributed by atoms with Crippen LogP contribution < -0.4 is 9.46 Å². The molecule has 0 aliphatic heterocycles. The van der Waals surface area contributed by atoms with Crippen molar-refractivity contribution in [2.75, 3.05) is 4.72 Å². The smallest absolute Gasteiger partial charge is 0.261 e. The van der Waals surface area contributed by atoms with Gasteiger partial charge in [-0.25, -0.2) is 18.1 Å². The van der Waals surface area contributed by atoms with Crippen LogP contribution in [-0.4, -0.2) is 28.2 Å². The number of sulfonamides is 1. The van der Waals surface area contributed by atoms with Gasteiger partial charge in [0, 0.05) is 24.1 Å². The van der Waals surface area contributed by atoms with E-state index in [1.807, 2.05) is 6.07 Å². The number of anilines is 1. The lowest BCUT2D eigenvalue weighted by atomic mass is 10.2. The van der Waals surface area contributed by atoms with Crippen LogP contribution in [-0.2, 0) is 10.0 Å². The normalized spacial score (nSPS) is 11.0. The average molecular weight is 432 g/mol. The minimum atomic E-state index is -3.78. The minimum Gasteiger partial charge on any atom is -0.439 e. The van der Waals surface area contributed by atoms with E-state index in [2.05, 4.69) is 19.8 Å². The van der Waals surface area contributed by atoms with Gasteiger partial charge in [-0.2, -0.15) is 15.3 Å². The molecule has 0 saturated heterocycles. The quantitative estimate of drug-likeness (QED) is 0.495. The number of benzene rings is 2. The maximum Gasteiger partial charge on any atom is 0.261 e. The van der Waals surface area contributed by atoms with Crippen LogP contribution in [0.15, 0.2) is 78.0 Å². The lowest BCUT2D eigenvalue weighted by molar-refractivity contribution is 0.459. The zero-order valence-corrected chi connectivity index (χ0v) is 17.1. The zero-order valence-electron chi connectivity index (χ0n) is 16.3. The van der Waals surface area contributed by atoms with E-state index in [1.54, 1.807) is 60.4 Å². The highest BCUT2D eigenvalue weighted by Gasteiger charge is 2.14. The Morgan fingerprint density at radius 1 is 1.06 bits per heavy atom. The average Bonchev–Trinajstić information content (AvgIpc) is 3.30. The summed E-state index contributed by atoms with van der Waals surface area (Å²) in [6.45, 7) is 1.75. The molecule has 0 bridgehead atoms. The fraction of sp³-hybridized carbons (Fsp3) is 0.0476. The highest BCUT2D eigenvalue weighted by Crippen LogP contribution is 2.24. The molecule has 0 aliphatic carbocycles. The lowest BCUT2D eigenvalue weighted by Crippen LogP contribution is -2.12. The number of aromatic nitrogens is 4. The third-order valence-corrected chi connectivity index (χ3v) is 5.56. The SMILES string of the molecule is Cc1nc(Oc2ccc(NS(=O)(=O)c3ccc(C#N)cc3)cc2)cc(-n2cccn2)n1. The first-order valence-electron chi connectivity index (χ1n) is 9.09. The van der Waals surface area contributed by atoms with Gasteiger partial charge in [0.2, 0.25) is 5.88 Å². The monoisotopic (exact) mass is 432 g/mol. The molecule has 31 heavy (non-hydrogen) atoms. The molecule has 9 nitrogen and oxygen atoms in total. The van der Waals surface area contributed by atoms with E-state index >= 15 is 0 Å². The summed E-state index contributed by atoms with van der Waals surface area (Å²) in [4.78, 5) is 8.66. The van der Waals surface area contributed by atoms with Gasteiger partial charge in [-0.05, 0) is 61.5 Å². The molecule has 0 fully saturated rings. The molecule has 0 aliphatic rings. The second-order valence-electron chi connectivity index (χ2n) is 6.43. The first kappa shape index (κ1) is 20.1. The van der Waals surface area contributed by atoms with E-state index in [-0.39, 0.29) is 4.90 Å². The highest BCUT2D eigenvalue weighted by atomic mass is 32.2. The summed E-state index contributed by atoms with van der Waals surface area (Å²) >= 11 is 0. The van der Waals surface area contributed by atoms with E-state index in [4.69, 9.17) is 10.00 Å². The van der Waals surface area contributed by atoms with Crippen molar-refractivity contribution < 1.29 is 13.2 Å². The summed E-state index contributed by atoms with van der Waals surface area (Å²) in [6, 6.07) is 17.5. The summed E-state index contributed by atoms with van der Waals surface area (Å²) in [5.41, 5.74) is 0.754. The molecule has 2 aromatic carbocycles. The second-order valence-corrected chi connectivity index (χ2v) is 8.11. The van der Waals surface area contributed by atoms with Crippen molar-refractivity contribution in [3.63, 3.8) is 0 Å². The Balaban J connectivity index is 1.49. The van der Waals surface area contributed by atoms with Crippen LogP contribution in [0.1, 0.15) is 11.4 Å². The molecule has 10 heteroatoms. The van der Waals surface area contributed by atoms with Crippen molar-refractivity contribution in [1.29, 1.82) is 5.26 Å². The third-order valence-electron chi connectivity index (χ3n) is 4.16. The number of aryl methyl sites for hydroxylation is 1. The summed E-state index contributed by atoms with van der Waals surface area (Å²) in [7, 11) is -3.78. The predicted octanol–water partition coefficient (Wildman–Crippen LogP) is 3.44. The van der Waals surface area contributed by atoms with Gasteiger partial charge in [0.25, 0.3) is 10.0 Å². The van der Waals surface area contributed by atoms with E-state index in [0.717, 1.165) is 0 Å². The fourth-order valence-electron chi connectivity index (χ4n) is 2.73. The Morgan fingerprint density at radius 2 is 1.81 bits per heavy atom. The van der Waals surface area contributed by atoms with E-state index < -0.39 is 10.0 Å². The maximum absolute atomic E-state index is 12.5. The Labute approximate surface area is 178 Å². The Bertz CT molecular complexity index is 1340. The molecule has 0 radical (unpaired) electrons. The topological polar surface area (TPSA) is 123 Å². The first-order valence-corrected chi connectivity index (χ1v) is 10.6. The maximum atomic E-state index is 12.5. The van der Waals surface area contributed by atoms with Crippen LogP contribution in [0.4, 0.5) is 5.69 Å². The van der Waals surface area contributed by atoms with Crippen LogP contribution in [0.3, 0.4) is 0 Å². The molecule has 0 spiro atoms. The summed E-state index contributed by atoms with van der Waals surface area (Å²) in [5, 5.41) is 13.0. The van der Waals surface area contributed by atoms with Gasteiger partial charge in [-0.15, -0.1) is 0 Å². The lowest BCUT2D eigenvalue weighted by Gasteiger charge is -2.10. The molecule has 2 aromatic heterocycles. The number of hydrogen-bond acceptors (Lipinski definition) is 7. The van der Waals surface area contributed by atoms with E-state index in [9.17, 15) is 8.42 Å². The van der Waals surface area contributed by atoms with Crippen LogP contribution in [0.2, 0.25) is 0 Å². The molecule has 0 saturated carbocycles. The Kier molecular flexibility index (Phi) is 5.34. The van der Waals surface area contributed by atoms with Gasteiger partial charge in [0.05, 0.1) is 16.5 Å². The standard InChI is InChI=1S/C21H16N6O3S/c1-15-24-20(27-12-2-11-23-27)13-21(25-15)30-18-7-5-17(6-8-18)26-31(28,29)19-9-3-16(14-22)4-10-19/h2-13,26H,1H3. The third kappa shape index (κ3) is 4.68. The Hall–Kier alpha value is -4.23. The van der Waals surface area contributed by atoms with Crippen LogP contribution >= 0.6 is 0 Å². The molecular formula is C21H16N6O3S. The first-order chi connectivity index (χ1) is 14.9. The number of nitrogens with zero attached hydrogens (tertiary/aromatic N) is 5. The second kappa shape index (κ2) is 8.25. The zero-order chi connectivity index (χ0) is 21.8. The largest absolute Gasteiger partial charge is 0.439 e. The van der Waals surface area contributed by atoms with Crippen molar-refractivity contribution in [2.45, 2.75) is 11.8 Å². The van der Waals surface area contributed by atoms with Crippen molar-refractivity contribution >= 4 is 15.7 Å². The molecular weight excluding hydrogens is 416 g/mol. The van der Waals surface area contributed by atoms with Gasteiger partial charge in [-0.1, -0.05) is 0 Å². The molecule has 0 atom stereocenters. The number of ether oxygens (including phenoxy) is 1. The van der Waals surface area contributed by atoms with Gasteiger partial charge in [0.1, 0.15) is 11.6 Å². The highest BCUT2D eigenvalue weighted by molar-refractivity contribution is 7.92. The van der Waals surface area contributed by atoms with Crippen LogP contribution in [0, 0.1) is 18.3 Å². The van der Waals surface area contributed by atoms with E-state index in [0.29, 0.717) is 34.5 Å². The van der Waals surface area contributed by atoms with E-state index in [1.165, 1.54) is 24.3 Å². The van der Waals surface area contributed by atoms with Crippen molar-refractivity contribution in [3.8, 4) is 23.5 Å². The molecule has 4 aromatic rings. The predicted molar refractivity (Wildman–Crippen MR) is 112 cm³/mol. The summed E-state index contributed by atoms with van der Waals surface area (Å²) < 4.78 is 34.9. The molecule has 154 valence electrons. The van der Waals surface area contributed by atoms with Crippen molar-refractivity contribution in [3.05, 3.63) is 84.4 Å².